The van der Waals surface area contributed by atoms with Gasteiger partial charge in [0.15, 0.2) is 0 Å². The van der Waals surface area contributed by atoms with Gasteiger partial charge in [-0.15, -0.1) is 12.6 Å². The Hall–Kier alpha value is -0.580. The van der Waals surface area contributed by atoms with Crippen LogP contribution < -0.4 is 0 Å². The molecule has 28 heavy (non-hydrogen) atoms. The number of carbonyl (C=O) groups is 3. The zero-order chi connectivity index (χ0) is 21.7. The summed E-state index contributed by atoms with van der Waals surface area (Å²) < 4.78 is 21.5. The Morgan fingerprint density at radius 3 is 1.46 bits per heavy atom. The van der Waals surface area contributed by atoms with Gasteiger partial charge < -0.3 is 18.9 Å². The van der Waals surface area contributed by atoms with Gasteiger partial charge in [0.1, 0.15) is 19.8 Å². The lowest BCUT2D eigenvalue weighted by atomic mass is 9.92. The molecule has 0 saturated heterocycles. The largest absolute Gasteiger partial charge is 0.465 e. The van der Waals surface area contributed by atoms with E-state index in [1.165, 1.54) is 0 Å². The molecule has 0 rings (SSSR count). The second-order valence-electron chi connectivity index (χ2n) is 6.85. The predicted molar refractivity (Wildman–Crippen MR) is 116 cm³/mol. The minimum Gasteiger partial charge on any atom is -0.465 e. The molecule has 0 N–H and O–H groups in total. The molecule has 164 valence electrons. The SMILES string of the molecule is CCC(=O)OCC(COC(=O)CC(C)S)(COC(=O)CC(C)S)COC(C)S. The van der Waals surface area contributed by atoms with Crippen LogP contribution in [0.4, 0.5) is 0 Å². The molecule has 0 saturated carbocycles. The van der Waals surface area contributed by atoms with Crippen LogP contribution in [-0.2, 0) is 33.3 Å². The summed E-state index contributed by atoms with van der Waals surface area (Å²) in [5, 5.41) is -0.327. The maximum atomic E-state index is 12.0. The van der Waals surface area contributed by atoms with Crippen LogP contribution in [0.15, 0.2) is 0 Å². The molecule has 0 radical (unpaired) electrons. The van der Waals surface area contributed by atoms with Gasteiger partial charge in [0.25, 0.3) is 0 Å². The van der Waals surface area contributed by atoms with Gasteiger partial charge in [-0.1, -0.05) is 20.8 Å². The summed E-state index contributed by atoms with van der Waals surface area (Å²) in [6, 6.07) is 0. The first kappa shape index (κ1) is 27.4. The fourth-order valence-corrected chi connectivity index (χ4v) is 2.32. The predicted octanol–water partition coefficient (Wildman–Crippen LogP) is 2.72. The Balaban J connectivity index is 5.28. The van der Waals surface area contributed by atoms with E-state index in [0.29, 0.717) is 0 Å². The van der Waals surface area contributed by atoms with E-state index in [-0.39, 0.29) is 56.2 Å². The van der Waals surface area contributed by atoms with Crippen molar-refractivity contribution in [3.05, 3.63) is 0 Å². The zero-order valence-corrected chi connectivity index (χ0v) is 19.6. The van der Waals surface area contributed by atoms with Crippen LogP contribution in [0.1, 0.15) is 47.0 Å². The molecule has 0 aliphatic rings. The fraction of sp³-hybridized carbons (Fsp3) is 0.833. The summed E-state index contributed by atoms with van der Waals surface area (Å²) in [5.74, 6) is -1.33. The third-order valence-electron chi connectivity index (χ3n) is 3.46. The van der Waals surface area contributed by atoms with E-state index in [1.807, 2.05) is 0 Å². The van der Waals surface area contributed by atoms with Gasteiger partial charge in [-0.3, -0.25) is 14.4 Å². The van der Waals surface area contributed by atoms with E-state index in [9.17, 15) is 14.4 Å². The number of thiol groups is 3. The van der Waals surface area contributed by atoms with Gasteiger partial charge in [-0.25, -0.2) is 0 Å². The van der Waals surface area contributed by atoms with Gasteiger partial charge in [-0.05, 0) is 6.92 Å². The molecule has 0 heterocycles. The number of hydrogen-bond acceptors (Lipinski definition) is 10. The average Bonchev–Trinajstić information content (AvgIpc) is 2.58. The highest BCUT2D eigenvalue weighted by Gasteiger charge is 2.37. The van der Waals surface area contributed by atoms with Crippen LogP contribution in [0.2, 0.25) is 0 Å². The number of carbonyl (C=O) groups excluding carboxylic acids is 3. The molecule has 0 bridgehead atoms. The van der Waals surface area contributed by atoms with Gasteiger partial charge in [0.05, 0.1) is 30.3 Å². The highest BCUT2D eigenvalue weighted by Crippen LogP contribution is 2.23. The van der Waals surface area contributed by atoms with Crippen LogP contribution in [0.3, 0.4) is 0 Å². The number of esters is 3. The molecule has 0 amide bonds. The maximum Gasteiger partial charge on any atom is 0.306 e. The lowest BCUT2D eigenvalue weighted by Gasteiger charge is -2.32. The molecule has 7 nitrogen and oxygen atoms in total. The van der Waals surface area contributed by atoms with Crippen LogP contribution in [0, 0.1) is 5.41 Å². The first-order valence-electron chi connectivity index (χ1n) is 9.12. The fourth-order valence-electron chi connectivity index (χ4n) is 1.95. The van der Waals surface area contributed by atoms with Crippen molar-refractivity contribution in [2.45, 2.75) is 62.9 Å². The van der Waals surface area contributed by atoms with E-state index in [4.69, 9.17) is 18.9 Å². The second kappa shape index (κ2) is 14.4. The summed E-state index contributed by atoms with van der Waals surface area (Å²) in [6.45, 7) is 6.52. The Kier molecular flexibility index (Phi) is 14.1. The Morgan fingerprint density at radius 2 is 1.14 bits per heavy atom. The molecular weight excluding hydrogens is 424 g/mol. The number of hydrogen-bond donors (Lipinski definition) is 3. The third-order valence-corrected chi connectivity index (χ3v) is 3.98. The summed E-state index contributed by atoms with van der Waals surface area (Å²) >= 11 is 12.5. The van der Waals surface area contributed by atoms with Crippen molar-refractivity contribution < 1.29 is 33.3 Å². The third kappa shape index (κ3) is 13.6. The Bertz CT molecular complexity index is 470. The molecule has 0 spiro atoms. The molecule has 0 aliphatic heterocycles. The molecule has 0 aromatic carbocycles. The minimum atomic E-state index is -1.05. The molecular formula is C18H32O7S3. The Labute approximate surface area is 183 Å². The molecule has 3 atom stereocenters. The van der Waals surface area contributed by atoms with Gasteiger partial charge in [0, 0.05) is 16.9 Å². The smallest absolute Gasteiger partial charge is 0.306 e. The van der Waals surface area contributed by atoms with Crippen molar-refractivity contribution in [3.8, 4) is 0 Å². The molecule has 3 unspecified atom stereocenters. The first-order valence-corrected chi connectivity index (χ1v) is 10.7. The van der Waals surface area contributed by atoms with Crippen LogP contribution in [0.5, 0.6) is 0 Å². The molecule has 0 fully saturated rings. The first-order chi connectivity index (χ1) is 13.0. The van der Waals surface area contributed by atoms with Crippen LogP contribution >= 0.6 is 37.9 Å². The topological polar surface area (TPSA) is 88.1 Å². The van der Waals surface area contributed by atoms with E-state index in [0.717, 1.165) is 0 Å². The van der Waals surface area contributed by atoms with E-state index in [2.05, 4.69) is 37.9 Å². The van der Waals surface area contributed by atoms with Gasteiger partial charge in [0.2, 0.25) is 0 Å². The van der Waals surface area contributed by atoms with Crippen LogP contribution in [0.25, 0.3) is 0 Å². The van der Waals surface area contributed by atoms with Gasteiger partial charge >= 0.3 is 17.9 Å². The molecule has 10 heteroatoms. The monoisotopic (exact) mass is 456 g/mol. The highest BCUT2D eigenvalue weighted by molar-refractivity contribution is 7.81. The normalized spacial score (nSPS) is 16.4. The molecule has 0 aromatic heterocycles. The van der Waals surface area contributed by atoms with Crippen molar-refractivity contribution in [3.63, 3.8) is 0 Å². The summed E-state index contributed by atoms with van der Waals surface area (Å²) in [7, 11) is 0. The number of rotatable bonds is 14. The van der Waals surface area contributed by atoms with E-state index < -0.39 is 28.8 Å². The quantitative estimate of drug-likeness (QED) is 0.160. The maximum absolute atomic E-state index is 12.0. The average molecular weight is 457 g/mol. The van der Waals surface area contributed by atoms with Crippen molar-refractivity contribution >= 4 is 55.8 Å². The van der Waals surface area contributed by atoms with Gasteiger partial charge in [-0.2, -0.15) is 25.3 Å². The minimum absolute atomic E-state index is 0.0160. The van der Waals surface area contributed by atoms with Crippen molar-refractivity contribution in [2.75, 3.05) is 26.4 Å². The summed E-state index contributed by atoms with van der Waals surface area (Å²) in [4.78, 5) is 35.6. The summed E-state index contributed by atoms with van der Waals surface area (Å²) in [5.41, 5.74) is -1.46. The Morgan fingerprint density at radius 1 is 0.750 bits per heavy atom. The lowest BCUT2D eigenvalue weighted by molar-refractivity contribution is -0.167. The van der Waals surface area contributed by atoms with Crippen LogP contribution in [-0.4, -0.2) is 60.3 Å². The standard InChI is InChI=1S/C18H32O7S3/c1-5-15(19)23-9-18(8-22-14(4)28,10-24-16(20)6-12(2)26)11-25-17(21)7-13(3)27/h12-14,26-28H,5-11H2,1-4H3. The zero-order valence-electron chi connectivity index (χ0n) is 16.9. The van der Waals surface area contributed by atoms with E-state index >= 15 is 0 Å². The number of ether oxygens (including phenoxy) is 4. The lowest BCUT2D eigenvalue weighted by Crippen LogP contribution is -2.44. The molecule has 0 aliphatic carbocycles. The van der Waals surface area contributed by atoms with E-state index in [1.54, 1.807) is 27.7 Å². The molecule has 0 aromatic rings. The second-order valence-corrected chi connectivity index (χ2v) is 9.34. The van der Waals surface area contributed by atoms with Crippen molar-refractivity contribution in [1.29, 1.82) is 0 Å². The highest BCUT2D eigenvalue weighted by atomic mass is 32.1. The van der Waals surface area contributed by atoms with Crippen molar-refractivity contribution in [2.24, 2.45) is 5.41 Å². The van der Waals surface area contributed by atoms with Crippen molar-refractivity contribution in [1.82, 2.24) is 0 Å². The summed E-state index contributed by atoms with van der Waals surface area (Å²) in [6.07, 6.45) is 0.428.